The van der Waals surface area contributed by atoms with Crippen LogP contribution in [0, 0.1) is 6.92 Å². The zero-order chi connectivity index (χ0) is 18.5. The molecule has 5 nitrogen and oxygen atoms in total. The second-order valence-electron chi connectivity index (χ2n) is 5.88. The first-order valence-corrected chi connectivity index (χ1v) is 9.02. The Bertz CT molecular complexity index is 935. The van der Waals surface area contributed by atoms with Crippen molar-refractivity contribution in [3.63, 3.8) is 0 Å². The van der Waals surface area contributed by atoms with E-state index in [0.717, 1.165) is 27.0 Å². The van der Waals surface area contributed by atoms with E-state index in [1.807, 2.05) is 43.3 Å². The number of nitrogens with one attached hydrogen (secondary N) is 2. The van der Waals surface area contributed by atoms with E-state index in [4.69, 9.17) is 0 Å². The first-order valence-electron chi connectivity index (χ1n) is 8.20. The molecule has 2 aromatic carbocycles. The maximum atomic E-state index is 12.1. The first-order chi connectivity index (χ1) is 12.5. The second-order valence-corrected chi connectivity index (χ2v) is 7.08. The summed E-state index contributed by atoms with van der Waals surface area (Å²) >= 11 is 1.57. The van der Waals surface area contributed by atoms with Crippen molar-refractivity contribution in [1.82, 2.24) is 10.3 Å². The van der Waals surface area contributed by atoms with Crippen LogP contribution in [-0.2, 0) is 4.79 Å². The molecule has 6 heteroatoms. The summed E-state index contributed by atoms with van der Waals surface area (Å²) in [6.45, 7) is 3.51. The molecular formula is C20H19N3O2S. The number of hydrogen-bond donors (Lipinski definition) is 2. The van der Waals surface area contributed by atoms with Crippen LogP contribution in [0.1, 0.15) is 22.2 Å². The predicted octanol–water partition coefficient (Wildman–Crippen LogP) is 4.18. The fourth-order valence-electron chi connectivity index (χ4n) is 2.48. The Morgan fingerprint density at radius 1 is 1.08 bits per heavy atom. The molecule has 2 N–H and O–H groups in total. The molecule has 0 radical (unpaired) electrons. The summed E-state index contributed by atoms with van der Waals surface area (Å²) in [5.74, 6) is -0.358. The molecule has 0 spiro atoms. The average Bonchev–Trinajstić information content (AvgIpc) is 3.00. The number of ketones is 1. The molecule has 1 aromatic heterocycles. The maximum Gasteiger partial charge on any atom is 0.251 e. The van der Waals surface area contributed by atoms with Crippen molar-refractivity contribution in [2.75, 3.05) is 11.9 Å². The number of thiazole rings is 1. The SMILES string of the molecule is CC(=O)CNC(=O)c1cccc(Nc2nc(-c3ccccc3)c(C)s2)c1. The van der Waals surface area contributed by atoms with Crippen molar-refractivity contribution < 1.29 is 9.59 Å². The van der Waals surface area contributed by atoms with Crippen LogP contribution in [0.3, 0.4) is 0 Å². The molecule has 132 valence electrons. The monoisotopic (exact) mass is 365 g/mol. The van der Waals surface area contributed by atoms with E-state index in [0.29, 0.717) is 5.56 Å². The number of hydrogen-bond acceptors (Lipinski definition) is 5. The predicted molar refractivity (Wildman–Crippen MR) is 105 cm³/mol. The molecule has 3 rings (SSSR count). The highest BCUT2D eigenvalue weighted by molar-refractivity contribution is 7.16. The summed E-state index contributed by atoms with van der Waals surface area (Å²) in [6, 6.07) is 17.2. The van der Waals surface area contributed by atoms with Gasteiger partial charge in [0, 0.05) is 21.7 Å². The number of benzene rings is 2. The second kappa shape index (κ2) is 7.93. The fourth-order valence-corrected chi connectivity index (χ4v) is 3.34. The quantitative estimate of drug-likeness (QED) is 0.687. The molecule has 3 aromatic rings. The van der Waals surface area contributed by atoms with Gasteiger partial charge < -0.3 is 10.6 Å². The molecule has 0 saturated carbocycles. The van der Waals surface area contributed by atoms with Crippen molar-refractivity contribution in [2.24, 2.45) is 0 Å². The van der Waals surface area contributed by atoms with Crippen molar-refractivity contribution in [3.05, 3.63) is 65.0 Å². The molecule has 1 heterocycles. The molecule has 1 amide bonds. The summed E-state index contributed by atoms with van der Waals surface area (Å²) in [5, 5.41) is 6.62. The molecule has 0 unspecified atom stereocenters. The van der Waals surface area contributed by atoms with Crippen LogP contribution >= 0.6 is 11.3 Å². The third-order valence-corrected chi connectivity index (χ3v) is 4.60. The van der Waals surface area contributed by atoms with Gasteiger partial charge in [-0.2, -0.15) is 0 Å². The van der Waals surface area contributed by atoms with Gasteiger partial charge in [-0.25, -0.2) is 4.98 Å². The lowest BCUT2D eigenvalue weighted by Gasteiger charge is -2.06. The normalized spacial score (nSPS) is 10.4. The van der Waals surface area contributed by atoms with Crippen LogP contribution in [0.25, 0.3) is 11.3 Å². The van der Waals surface area contributed by atoms with Gasteiger partial charge in [-0.1, -0.05) is 36.4 Å². The third-order valence-electron chi connectivity index (χ3n) is 3.72. The molecule has 0 atom stereocenters. The lowest BCUT2D eigenvalue weighted by Crippen LogP contribution is -2.28. The maximum absolute atomic E-state index is 12.1. The average molecular weight is 365 g/mol. The number of carbonyl (C=O) groups is 2. The Hall–Kier alpha value is -2.99. The summed E-state index contributed by atoms with van der Waals surface area (Å²) in [4.78, 5) is 28.9. The largest absolute Gasteiger partial charge is 0.345 e. The minimum atomic E-state index is -0.274. The van der Waals surface area contributed by atoms with E-state index in [1.165, 1.54) is 6.92 Å². The van der Waals surface area contributed by atoms with Gasteiger partial charge in [-0.3, -0.25) is 9.59 Å². The van der Waals surface area contributed by atoms with Crippen molar-refractivity contribution in [2.45, 2.75) is 13.8 Å². The number of aromatic nitrogens is 1. The smallest absolute Gasteiger partial charge is 0.251 e. The van der Waals surface area contributed by atoms with Crippen LogP contribution < -0.4 is 10.6 Å². The fraction of sp³-hybridized carbons (Fsp3) is 0.150. The van der Waals surface area contributed by atoms with E-state index in [1.54, 1.807) is 29.5 Å². The lowest BCUT2D eigenvalue weighted by atomic mass is 10.1. The van der Waals surface area contributed by atoms with Crippen molar-refractivity contribution in [3.8, 4) is 11.3 Å². The molecular weight excluding hydrogens is 346 g/mol. The highest BCUT2D eigenvalue weighted by Gasteiger charge is 2.11. The molecule has 0 fully saturated rings. The van der Waals surface area contributed by atoms with Crippen molar-refractivity contribution in [1.29, 1.82) is 0 Å². The van der Waals surface area contributed by atoms with Crippen LogP contribution in [0.5, 0.6) is 0 Å². The highest BCUT2D eigenvalue weighted by atomic mass is 32.1. The molecule has 0 saturated heterocycles. The molecule has 0 aliphatic carbocycles. The van der Waals surface area contributed by atoms with E-state index < -0.39 is 0 Å². The number of anilines is 2. The zero-order valence-electron chi connectivity index (χ0n) is 14.6. The van der Waals surface area contributed by atoms with Gasteiger partial charge in [0.05, 0.1) is 12.2 Å². The van der Waals surface area contributed by atoms with Crippen LogP contribution in [0.4, 0.5) is 10.8 Å². The third kappa shape index (κ3) is 4.34. The molecule has 0 aliphatic rings. The van der Waals surface area contributed by atoms with E-state index in [-0.39, 0.29) is 18.2 Å². The molecule has 0 aliphatic heterocycles. The summed E-state index contributed by atoms with van der Waals surface area (Å²) in [7, 11) is 0. The number of Topliss-reactive ketones (excluding diaryl/α,β-unsaturated/α-hetero) is 1. The van der Waals surface area contributed by atoms with E-state index >= 15 is 0 Å². The van der Waals surface area contributed by atoms with Gasteiger partial charge in [0.1, 0.15) is 5.78 Å². The Kier molecular flexibility index (Phi) is 5.43. The topological polar surface area (TPSA) is 71.1 Å². The number of amides is 1. The Labute approximate surface area is 156 Å². The van der Waals surface area contributed by atoms with Crippen molar-refractivity contribution >= 4 is 33.8 Å². The minimum absolute atomic E-state index is 0.0304. The van der Waals surface area contributed by atoms with Crippen LogP contribution in [-0.4, -0.2) is 23.2 Å². The Morgan fingerprint density at radius 3 is 2.58 bits per heavy atom. The Balaban J connectivity index is 1.77. The van der Waals surface area contributed by atoms with Gasteiger partial charge in [0.2, 0.25) is 0 Å². The van der Waals surface area contributed by atoms with Crippen LogP contribution in [0.15, 0.2) is 54.6 Å². The minimum Gasteiger partial charge on any atom is -0.345 e. The first kappa shape index (κ1) is 17.8. The number of aryl methyl sites for hydroxylation is 1. The van der Waals surface area contributed by atoms with E-state index in [2.05, 4.69) is 15.6 Å². The zero-order valence-corrected chi connectivity index (χ0v) is 15.4. The molecule has 26 heavy (non-hydrogen) atoms. The standard InChI is InChI=1S/C20H19N3O2S/c1-13(24)12-21-19(25)16-9-6-10-17(11-16)22-20-23-18(14(2)26-20)15-7-4-3-5-8-15/h3-11H,12H2,1-2H3,(H,21,25)(H,22,23). The molecule has 0 bridgehead atoms. The highest BCUT2D eigenvalue weighted by Crippen LogP contribution is 2.31. The lowest BCUT2D eigenvalue weighted by molar-refractivity contribution is -0.116. The van der Waals surface area contributed by atoms with Gasteiger partial charge in [0.15, 0.2) is 5.13 Å². The van der Waals surface area contributed by atoms with Gasteiger partial charge >= 0.3 is 0 Å². The Morgan fingerprint density at radius 2 is 1.85 bits per heavy atom. The number of nitrogens with zero attached hydrogens (tertiary/aromatic N) is 1. The van der Waals surface area contributed by atoms with Gasteiger partial charge in [0.25, 0.3) is 5.91 Å². The number of carbonyl (C=O) groups excluding carboxylic acids is 2. The van der Waals surface area contributed by atoms with Gasteiger partial charge in [-0.15, -0.1) is 11.3 Å². The number of rotatable bonds is 6. The van der Waals surface area contributed by atoms with Gasteiger partial charge in [-0.05, 0) is 32.0 Å². The van der Waals surface area contributed by atoms with E-state index in [9.17, 15) is 9.59 Å². The summed E-state index contributed by atoms with van der Waals surface area (Å²) in [6.07, 6.45) is 0. The van der Waals surface area contributed by atoms with Crippen LogP contribution in [0.2, 0.25) is 0 Å². The summed E-state index contributed by atoms with van der Waals surface area (Å²) in [5.41, 5.74) is 3.29. The summed E-state index contributed by atoms with van der Waals surface area (Å²) < 4.78 is 0.